The Bertz CT molecular complexity index is 142. The summed E-state index contributed by atoms with van der Waals surface area (Å²) >= 11 is 2.10. The number of hydrogen-bond acceptors (Lipinski definition) is 3. The van der Waals surface area contributed by atoms with Crippen molar-refractivity contribution in [3.8, 4) is 0 Å². The van der Waals surface area contributed by atoms with E-state index in [9.17, 15) is 0 Å². The van der Waals surface area contributed by atoms with Gasteiger partial charge in [0.1, 0.15) is 0 Å². The van der Waals surface area contributed by atoms with Gasteiger partial charge in [-0.3, -0.25) is 0 Å². The monoisotopic (exact) mass is 230 g/mol. The van der Waals surface area contributed by atoms with Crippen LogP contribution in [0.25, 0.3) is 0 Å². The zero-order chi connectivity index (χ0) is 10.9. The third kappa shape index (κ3) is 5.79. The summed E-state index contributed by atoms with van der Waals surface area (Å²) in [5.74, 6) is 2.69. The van der Waals surface area contributed by atoms with Crippen molar-refractivity contribution in [1.29, 1.82) is 0 Å². The lowest BCUT2D eigenvalue weighted by molar-refractivity contribution is 0.282. The second kappa shape index (κ2) is 8.43. The first kappa shape index (κ1) is 13.3. The van der Waals surface area contributed by atoms with E-state index in [1.807, 2.05) is 0 Å². The number of nitrogens with zero attached hydrogens (tertiary/aromatic N) is 1. The van der Waals surface area contributed by atoms with Gasteiger partial charge in [-0.25, -0.2) is 0 Å². The Morgan fingerprint density at radius 2 is 2.20 bits per heavy atom. The molecule has 0 bridgehead atoms. The molecule has 0 amide bonds. The molecule has 0 radical (unpaired) electrons. The lowest BCUT2D eigenvalue weighted by Gasteiger charge is -2.25. The highest BCUT2D eigenvalue weighted by Gasteiger charge is 2.12. The largest absolute Gasteiger partial charge is 0.312 e. The van der Waals surface area contributed by atoms with Gasteiger partial charge in [0, 0.05) is 24.9 Å². The summed E-state index contributed by atoms with van der Waals surface area (Å²) in [6.45, 7) is 9.33. The molecule has 1 fully saturated rings. The lowest BCUT2D eigenvalue weighted by atomic mass is 10.2. The van der Waals surface area contributed by atoms with Gasteiger partial charge < -0.3 is 10.2 Å². The van der Waals surface area contributed by atoms with Crippen molar-refractivity contribution in [3.05, 3.63) is 0 Å². The Labute approximate surface area is 99.2 Å². The van der Waals surface area contributed by atoms with Crippen LogP contribution in [-0.2, 0) is 0 Å². The SMILES string of the molecule is CCCN(CC)CCNC1CCCSC1. The second-order valence-corrected chi connectivity index (χ2v) is 5.45. The first-order valence-electron chi connectivity index (χ1n) is 6.40. The van der Waals surface area contributed by atoms with Crippen LogP contribution >= 0.6 is 11.8 Å². The third-order valence-corrected chi connectivity index (χ3v) is 4.22. The predicted molar refractivity (Wildman–Crippen MR) is 70.8 cm³/mol. The molecule has 2 nitrogen and oxygen atoms in total. The molecule has 1 unspecified atom stereocenters. The van der Waals surface area contributed by atoms with Crippen LogP contribution < -0.4 is 5.32 Å². The minimum atomic E-state index is 0.782. The van der Waals surface area contributed by atoms with Crippen molar-refractivity contribution >= 4 is 11.8 Å². The number of thioether (sulfide) groups is 1. The van der Waals surface area contributed by atoms with Gasteiger partial charge in [-0.15, -0.1) is 0 Å². The van der Waals surface area contributed by atoms with Crippen LogP contribution in [0.4, 0.5) is 0 Å². The highest BCUT2D eigenvalue weighted by atomic mass is 32.2. The predicted octanol–water partition coefficient (Wildman–Crippen LogP) is 2.20. The van der Waals surface area contributed by atoms with Crippen LogP contribution in [0.1, 0.15) is 33.1 Å². The fourth-order valence-electron chi connectivity index (χ4n) is 2.07. The molecule has 1 aliphatic rings. The zero-order valence-electron chi connectivity index (χ0n) is 10.3. The van der Waals surface area contributed by atoms with E-state index in [4.69, 9.17) is 0 Å². The molecule has 1 saturated heterocycles. The molecule has 1 atom stereocenters. The van der Waals surface area contributed by atoms with E-state index >= 15 is 0 Å². The average Bonchev–Trinajstić information content (AvgIpc) is 2.29. The Morgan fingerprint density at radius 3 is 2.80 bits per heavy atom. The standard InChI is InChI=1S/C12H26N2S/c1-3-8-14(4-2)9-7-13-12-6-5-10-15-11-12/h12-13H,3-11H2,1-2H3. The maximum atomic E-state index is 3.68. The molecule has 15 heavy (non-hydrogen) atoms. The first-order chi connectivity index (χ1) is 7.36. The van der Waals surface area contributed by atoms with Crippen molar-refractivity contribution in [2.24, 2.45) is 0 Å². The summed E-state index contributed by atoms with van der Waals surface area (Å²) in [5.41, 5.74) is 0. The van der Waals surface area contributed by atoms with Crippen molar-refractivity contribution in [2.75, 3.05) is 37.7 Å². The Hall–Kier alpha value is 0.270. The molecule has 1 rings (SSSR count). The van der Waals surface area contributed by atoms with E-state index in [-0.39, 0.29) is 0 Å². The van der Waals surface area contributed by atoms with Crippen molar-refractivity contribution < 1.29 is 0 Å². The molecule has 90 valence electrons. The molecular formula is C12H26N2S. The minimum Gasteiger partial charge on any atom is -0.312 e. The topological polar surface area (TPSA) is 15.3 Å². The Balaban J connectivity index is 2.03. The summed E-state index contributed by atoms with van der Waals surface area (Å²) in [6.07, 6.45) is 4.05. The molecule has 3 heteroatoms. The van der Waals surface area contributed by atoms with E-state index in [1.54, 1.807) is 0 Å². The van der Waals surface area contributed by atoms with Gasteiger partial charge in [-0.2, -0.15) is 11.8 Å². The number of rotatable bonds is 7. The lowest BCUT2D eigenvalue weighted by Crippen LogP contribution is -2.39. The van der Waals surface area contributed by atoms with Gasteiger partial charge in [0.2, 0.25) is 0 Å². The van der Waals surface area contributed by atoms with Crippen molar-refractivity contribution in [3.63, 3.8) is 0 Å². The van der Waals surface area contributed by atoms with Gasteiger partial charge in [0.25, 0.3) is 0 Å². The molecule has 0 spiro atoms. The average molecular weight is 230 g/mol. The Kier molecular flexibility index (Phi) is 7.49. The van der Waals surface area contributed by atoms with Crippen LogP contribution in [0.3, 0.4) is 0 Å². The maximum absolute atomic E-state index is 3.68. The Morgan fingerprint density at radius 1 is 1.33 bits per heavy atom. The summed E-state index contributed by atoms with van der Waals surface area (Å²) in [7, 11) is 0. The van der Waals surface area contributed by atoms with Gasteiger partial charge >= 0.3 is 0 Å². The maximum Gasteiger partial charge on any atom is 0.0159 e. The van der Waals surface area contributed by atoms with Crippen LogP contribution in [0.2, 0.25) is 0 Å². The smallest absolute Gasteiger partial charge is 0.0159 e. The van der Waals surface area contributed by atoms with Crippen LogP contribution in [0.15, 0.2) is 0 Å². The summed E-state index contributed by atoms with van der Waals surface area (Å²) in [6, 6.07) is 0.782. The van der Waals surface area contributed by atoms with Crippen LogP contribution in [-0.4, -0.2) is 48.6 Å². The van der Waals surface area contributed by atoms with Crippen molar-refractivity contribution in [1.82, 2.24) is 10.2 Å². The third-order valence-electron chi connectivity index (χ3n) is 3.01. The van der Waals surface area contributed by atoms with E-state index in [1.165, 1.54) is 56.9 Å². The quantitative estimate of drug-likeness (QED) is 0.722. The number of likely N-dealkylation sites (N-methyl/N-ethyl adjacent to an activating group) is 1. The number of hydrogen-bond donors (Lipinski definition) is 1. The van der Waals surface area contributed by atoms with Gasteiger partial charge in [-0.1, -0.05) is 13.8 Å². The molecular weight excluding hydrogens is 204 g/mol. The molecule has 0 aromatic rings. The highest BCUT2D eigenvalue weighted by molar-refractivity contribution is 7.99. The summed E-state index contributed by atoms with van der Waals surface area (Å²) in [4.78, 5) is 2.53. The van der Waals surface area contributed by atoms with E-state index in [0.29, 0.717) is 0 Å². The molecule has 1 aliphatic heterocycles. The molecule has 0 aromatic carbocycles. The molecule has 1 heterocycles. The van der Waals surface area contributed by atoms with Gasteiger partial charge in [-0.05, 0) is 38.1 Å². The van der Waals surface area contributed by atoms with Gasteiger partial charge in [0.15, 0.2) is 0 Å². The molecule has 0 aromatic heterocycles. The van der Waals surface area contributed by atoms with Crippen LogP contribution in [0.5, 0.6) is 0 Å². The second-order valence-electron chi connectivity index (χ2n) is 4.30. The summed E-state index contributed by atoms with van der Waals surface area (Å²) in [5, 5.41) is 3.68. The van der Waals surface area contributed by atoms with E-state index in [0.717, 1.165) is 6.04 Å². The molecule has 0 aliphatic carbocycles. The van der Waals surface area contributed by atoms with Gasteiger partial charge in [0.05, 0.1) is 0 Å². The first-order valence-corrected chi connectivity index (χ1v) is 7.55. The fraction of sp³-hybridized carbons (Fsp3) is 1.00. The number of nitrogens with one attached hydrogen (secondary N) is 1. The normalized spacial score (nSPS) is 22.2. The zero-order valence-corrected chi connectivity index (χ0v) is 11.1. The fourth-order valence-corrected chi connectivity index (χ4v) is 3.18. The minimum absolute atomic E-state index is 0.782. The van der Waals surface area contributed by atoms with E-state index < -0.39 is 0 Å². The summed E-state index contributed by atoms with van der Waals surface area (Å²) < 4.78 is 0. The molecule has 0 saturated carbocycles. The van der Waals surface area contributed by atoms with E-state index in [2.05, 4.69) is 35.8 Å². The van der Waals surface area contributed by atoms with Crippen molar-refractivity contribution in [2.45, 2.75) is 39.2 Å². The molecule has 1 N–H and O–H groups in total. The van der Waals surface area contributed by atoms with Crippen LogP contribution in [0, 0.1) is 0 Å². The highest BCUT2D eigenvalue weighted by Crippen LogP contribution is 2.16.